The minimum atomic E-state index is -0.739. The number of benzene rings is 2. The lowest BCUT2D eigenvalue weighted by molar-refractivity contribution is 0.105. The fourth-order valence-corrected chi connectivity index (χ4v) is 2.44. The van der Waals surface area contributed by atoms with E-state index in [2.05, 4.69) is 0 Å². The number of para-hydroxylation sites is 1. The molecule has 0 aliphatic rings. The van der Waals surface area contributed by atoms with E-state index in [4.69, 9.17) is 18.6 Å². The van der Waals surface area contributed by atoms with Crippen molar-refractivity contribution in [2.24, 2.45) is 0 Å². The lowest BCUT2D eigenvalue weighted by Crippen LogP contribution is -2.10. The highest BCUT2D eigenvalue weighted by Gasteiger charge is 2.19. The van der Waals surface area contributed by atoms with E-state index in [1.165, 1.54) is 0 Å². The van der Waals surface area contributed by atoms with Gasteiger partial charge in [0.15, 0.2) is 11.3 Å². The van der Waals surface area contributed by atoms with Crippen LogP contribution in [0.3, 0.4) is 0 Å². The minimum Gasteiger partial charge on any atom is -0.487 e. The summed E-state index contributed by atoms with van der Waals surface area (Å²) in [6.07, 6.45) is -0.736. The van der Waals surface area contributed by atoms with Crippen LogP contribution in [0.2, 0.25) is 0 Å². The predicted octanol–water partition coefficient (Wildman–Crippen LogP) is 4.91. The maximum absolute atomic E-state index is 11.7. The molecule has 0 amide bonds. The van der Waals surface area contributed by atoms with Gasteiger partial charge < -0.3 is 18.6 Å². The monoisotopic (exact) mass is 314 g/mol. The third-order valence-electron chi connectivity index (χ3n) is 3.27. The highest BCUT2D eigenvalue weighted by molar-refractivity contribution is 6.10. The van der Waals surface area contributed by atoms with Gasteiger partial charge in [0, 0.05) is 5.39 Å². The summed E-state index contributed by atoms with van der Waals surface area (Å²) in [5.74, 6) is 1.00. The van der Waals surface area contributed by atoms with Crippen molar-refractivity contribution in [3.05, 3.63) is 36.4 Å². The van der Waals surface area contributed by atoms with Gasteiger partial charge in [0.1, 0.15) is 11.3 Å². The van der Waals surface area contributed by atoms with Crippen molar-refractivity contribution in [3.63, 3.8) is 0 Å². The molecule has 0 N–H and O–H groups in total. The molecule has 5 nitrogen and oxygen atoms in total. The molecule has 2 aromatic carbocycles. The van der Waals surface area contributed by atoms with Gasteiger partial charge in [-0.25, -0.2) is 4.79 Å². The molecule has 0 unspecified atom stereocenters. The Hall–Kier alpha value is -2.69. The first-order chi connectivity index (χ1) is 11.1. The third-order valence-corrected chi connectivity index (χ3v) is 3.27. The Morgan fingerprint density at radius 1 is 1.13 bits per heavy atom. The first kappa shape index (κ1) is 15.2. The maximum Gasteiger partial charge on any atom is 0.513 e. The average molecular weight is 314 g/mol. The van der Waals surface area contributed by atoms with Crippen molar-refractivity contribution in [3.8, 4) is 11.5 Å². The Labute approximate surface area is 133 Å². The summed E-state index contributed by atoms with van der Waals surface area (Å²) in [7, 11) is 0. The summed E-state index contributed by atoms with van der Waals surface area (Å²) in [6, 6.07) is 11.0. The number of hydrogen-bond acceptors (Lipinski definition) is 5. The predicted molar refractivity (Wildman–Crippen MR) is 87.1 cm³/mol. The zero-order valence-corrected chi connectivity index (χ0v) is 13.3. The molecule has 3 aromatic rings. The van der Waals surface area contributed by atoms with Crippen LogP contribution in [0.15, 0.2) is 40.8 Å². The van der Waals surface area contributed by atoms with Gasteiger partial charge in [-0.3, -0.25) is 0 Å². The van der Waals surface area contributed by atoms with Crippen LogP contribution in [0.25, 0.3) is 21.9 Å². The summed E-state index contributed by atoms with van der Waals surface area (Å²) >= 11 is 0. The van der Waals surface area contributed by atoms with Crippen molar-refractivity contribution in [2.45, 2.75) is 26.9 Å². The zero-order valence-electron chi connectivity index (χ0n) is 13.3. The van der Waals surface area contributed by atoms with Crippen LogP contribution < -0.4 is 9.47 Å². The number of furan rings is 1. The standard InChI is InChI=1S/C18H18O5/c1-4-20-18(19)23-14-9-10-15(21-11(2)3)17-16(14)12-7-5-6-8-13(12)22-17/h5-11H,4H2,1-3H3. The Balaban J connectivity index is 2.19. The molecule has 0 spiro atoms. The van der Waals surface area contributed by atoms with Gasteiger partial charge >= 0.3 is 6.16 Å². The maximum atomic E-state index is 11.7. The fraction of sp³-hybridized carbons (Fsp3) is 0.278. The number of carbonyl (C=O) groups is 1. The van der Waals surface area contributed by atoms with E-state index in [-0.39, 0.29) is 12.7 Å². The van der Waals surface area contributed by atoms with Crippen molar-refractivity contribution in [2.75, 3.05) is 6.61 Å². The molecule has 0 radical (unpaired) electrons. The Bertz CT molecular complexity index is 847. The molecule has 120 valence electrons. The van der Waals surface area contributed by atoms with Crippen LogP contribution >= 0.6 is 0 Å². The summed E-state index contributed by atoms with van der Waals surface area (Å²) in [5, 5.41) is 1.56. The summed E-state index contributed by atoms with van der Waals surface area (Å²) in [4.78, 5) is 11.7. The van der Waals surface area contributed by atoms with E-state index in [0.29, 0.717) is 28.1 Å². The summed E-state index contributed by atoms with van der Waals surface area (Å²) in [5.41, 5.74) is 1.26. The van der Waals surface area contributed by atoms with Crippen LogP contribution in [-0.2, 0) is 4.74 Å². The number of hydrogen-bond donors (Lipinski definition) is 0. The van der Waals surface area contributed by atoms with Gasteiger partial charge in [0.05, 0.1) is 18.1 Å². The Morgan fingerprint density at radius 2 is 1.87 bits per heavy atom. The molecule has 3 rings (SSSR count). The molecule has 0 aliphatic carbocycles. The van der Waals surface area contributed by atoms with E-state index in [0.717, 1.165) is 5.39 Å². The molecule has 0 atom stereocenters. The van der Waals surface area contributed by atoms with Crippen molar-refractivity contribution < 1.29 is 23.4 Å². The number of rotatable bonds is 4. The molecule has 1 heterocycles. The first-order valence-electron chi connectivity index (χ1n) is 7.55. The molecule has 0 saturated heterocycles. The second kappa shape index (κ2) is 6.20. The minimum absolute atomic E-state index is 0.00300. The quantitative estimate of drug-likeness (QED) is 0.506. The van der Waals surface area contributed by atoms with Crippen LogP contribution in [0, 0.1) is 0 Å². The van der Waals surface area contributed by atoms with Crippen molar-refractivity contribution in [1.82, 2.24) is 0 Å². The largest absolute Gasteiger partial charge is 0.513 e. The van der Waals surface area contributed by atoms with Gasteiger partial charge in [-0.2, -0.15) is 0 Å². The molecular formula is C18H18O5. The zero-order chi connectivity index (χ0) is 16.4. The number of carbonyl (C=O) groups excluding carboxylic acids is 1. The number of fused-ring (bicyclic) bond motifs is 3. The smallest absolute Gasteiger partial charge is 0.487 e. The van der Waals surface area contributed by atoms with Gasteiger partial charge in [-0.15, -0.1) is 0 Å². The van der Waals surface area contributed by atoms with Gasteiger partial charge in [0.25, 0.3) is 0 Å². The lowest BCUT2D eigenvalue weighted by Gasteiger charge is -2.11. The first-order valence-corrected chi connectivity index (χ1v) is 7.55. The topological polar surface area (TPSA) is 57.9 Å². The highest BCUT2D eigenvalue weighted by atomic mass is 16.7. The lowest BCUT2D eigenvalue weighted by atomic mass is 10.1. The SMILES string of the molecule is CCOC(=O)Oc1ccc(OC(C)C)c2oc3ccccc3c12. The molecule has 0 bridgehead atoms. The molecule has 1 aromatic heterocycles. The van der Waals surface area contributed by atoms with Gasteiger partial charge in [0.2, 0.25) is 0 Å². The highest BCUT2D eigenvalue weighted by Crippen LogP contribution is 2.41. The second-order valence-corrected chi connectivity index (χ2v) is 5.32. The third kappa shape index (κ3) is 2.95. The summed E-state index contributed by atoms with van der Waals surface area (Å²) in [6.45, 7) is 5.86. The Kier molecular flexibility index (Phi) is 4.10. The van der Waals surface area contributed by atoms with Gasteiger partial charge in [-0.05, 0) is 39.0 Å². The second-order valence-electron chi connectivity index (χ2n) is 5.32. The van der Waals surface area contributed by atoms with Crippen LogP contribution in [0.4, 0.5) is 4.79 Å². The van der Waals surface area contributed by atoms with E-state index >= 15 is 0 Å². The molecule has 0 saturated carbocycles. The molecule has 23 heavy (non-hydrogen) atoms. The van der Waals surface area contributed by atoms with E-state index in [1.54, 1.807) is 19.1 Å². The molecular weight excluding hydrogens is 296 g/mol. The van der Waals surface area contributed by atoms with E-state index < -0.39 is 6.16 Å². The van der Waals surface area contributed by atoms with Crippen LogP contribution in [0.1, 0.15) is 20.8 Å². The van der Waals surface area contributed by atoms with Crippen LogP contribution in [0.5, 0.6) is 11.5 Å². The normalized spacial score (nSPS) is 11.1. The van der Waals surface area contributed by atoms with Crippen molar-refractivity contribution in [1.29, 1.82) is 0 Å². The fourth-order valence-electron chi connectivity index (χ4n) is 2.44. The van der Waals surface area contributed by atoms with Crippen molar-refractivity contribution >= 4 is 28.1 Å². The average Bonchev–Trinajstić information content (AvgIpc) is 2.89. The molecule has 0 aliphatic heterocycles. The van der Waals surface area contributed by atoms with E-state index in [9.17, 15) is 4.79 Å². The van der Waals surface area contributed by atoms with Crippen LogP contribution in [-0.4, -0.2) is 18.9 Å². The Morgan fingerprint density at radius 3 is 2.61 bits per heavy atom. The summed E-state index contributed by atoms with van der Waals surface area (Å²) < 4.78 is 21.9. The van der Waals surface area contributed by atoms with Gasteiger partial charge in [-0.1, -0.05) is 18.2 Å². The molecule has 0 fully saturated rings. The van der Waals surface area contributed by atoms with E-state index in [1.807, 2.05) is 38.1 Å². The number of ether oxygens (including phenoxy) is 3. The molecule has 5 heteroatoms.